The molecular formula is C14H27N3O2S. The number of rotatable bonds is 8. The molecule has 0 aliphatic heterocycles. The highest BCUT2D eigenvalue weighted by Crippen LogP contribution is 2.18. The zero-order valence-corrected chi connectivity index (χ0v) is 13.8. The van der Waals surface area contributed by atoms with Gasteiger partial charge in [-0.2, -0.15) is 5.10 Å². The molecule has 0 spiro atoms. The van der Waals surface area contributed by atoms with Gasteiger partial charge in [-0.15, -0.1) is 0 Å². The van der Waals surface area contributed by atoms with E-state index in [9.17, 15) is 8.42 Å². The minimum atomic E-state index is -2.96. The molecule has 5 nitrogen and oxygen atoms in total. The van der Waals surface area contributed by atoms with Crippen molar-refractivity contribution in [2.24, 2.45) is 5.73 Å². The lowest BCUT2D eigenvalue weighted by Crippen LogP contribution is -2.20. The summed E-state index contributed by atoms with van der Waals surface area (Å²) in [6.45, 7) is 8.24. The Morgan fingerprint density at radius 2 is 1.90 bits per heavy atom. The number of aromatic nitrogens is 2. The predicted molar refractivity (Wildman–Crippen MR) is 82.7 cm³/mol. The Balaban J connectivity index is 3.05. The van der Waals surface area contributed by atoms with Gasteiger partial charge in [0.15, 0.2) is 9.84 Å². The van der Waals surface area contributed by atoms with E-state index in [-0.39, 0.29) is 17.5 Å². The maximum Gasteiger partial charge on any atom is 0.151 e. The molecule has 0 bridgehead atoms. The molecule has 0 radical (unpaired) electrons. The fraction of sp³-hybridized carbons (Fsp3) is 0.786. The topological polar surface area (TPSA) is 78.0 Å². The van der Waals surface area contributed by atoms with Gasteiger partial charge in [-0.25, -0.2) is 8.42 Å². The Morgan fingerprint density at radius 3 is 2.35 bits per heavy atom. The molecule has 0 fully saturated rings. The minimum Gasteiger partial charge on any atom is -0.328 e. The molecule has 6 heteroatoms. The molecule has 0 aliphatic rings. The number of sulfone groups is 1. The van der Waals surface area contributed by atoms with Gasteiger partial charge in [0.1, 0.15) is 0 Å². The first kappa shape index (κ1) is 17.2. The van der Waals surface area contributed by atoms with Gasteiger partial charge in [-0.3, -0.25) is 4.68 Å². The number of nitrogens with zero attached hydrogens (tertiary/aromatic N) is 2. The van der Waals surface area contributed by atoms with Gasteiger partial charge < -0.3 is 5.73 Å². The Labute approximate surface area is 122 Å². The summed E-state index contributed by atoms with van der Waals surface area (Å²) in [5, 5.41) is 4.59. The molecule has 0 aromatic carbocycles. The molecule has 1 rings (SSSR count). The zero-order chi connectivity index (χ0) is 15.3. The molecule has 1 aromatic heterocycles. The van der Waals surface area contributed by atoms with E-state index < -0.39 is 9.84 Å². The van der Waals surface area contributed by atoms with Crippen molar-refractivity contribution in [2.75, 3.05) is 11.5 Å². The first-order valence-corrected chi connectivity index (χ1v) is 9.20. The first-order valence-electron chi connectivity index (χ1n) is 7.38. The molecule has 0 amide bonds. The molecule has 2 N–H and O–H groups in total. The maximum atomic E-state index is 11.7. The number of nitrogens with two attached hydrogens (primary N) is 1. The van der Waals surface area contributed by atoms with Crippen molar-refractivity contribution in [3.63, 3.8) is 0 Å². The molecule has 1 atom stereocenters. The van der Waals surface area contributed by atoms with Gasteiger partial charge in [0.2, 0.25) is 0 Å². The molecule has 0 saturated heterocycles. The summed E-state index contributed by atoms with van der Waals surface area (Å²) in [6, 6.07) is 0.0858. The standard InChI is InChI=1S/C14H27N3O2S/c1-5-13-12(10-11(4)15)14(6-2)17(16-13)8-9-20(18,19)7-3/h11H,5-10,15H2,1-4H3. The predicted octanol–water partition coefficient (Wildman–Crippen LogP) is 1.33. The highest BCUT2D eigenvalue weighted by atomic mass is 32.2. The highest BCUT2D eigenvalue weighted by Gasteiger charge is 2.18. The van der Waals surface area contributed by atoms with Crippen LogP contribution in [0.1, 0.15) is 44.6 Å². The molecule has 1 unspecified atom stereocenters. The lowest BCUT2D eigenvalue weighted by molar-refractivity contribution is 0.572. The summed E-state index contributed by atoms with van der Waals surface area (Å²) < 4.78 is 25.2. The van der Waals surface area contributed by atoms with Crippen LogP contribution < -0.4 is 5.73 Å². The minimum absolute atomic E-state index is 0.0858. The van der Waals surface area contributed by atoms with Crippen LogP contribution >= 0.6 is 0 Å². The van der Waals surface area contributed by atoms with E-state index in [0.29, 0.717) is 6.54 Å². The molecule has 116 valence electrons. The van der Waals surface area contributed by atoms with E-state index in [1.807, 2.05) is 11.6 Å². The summed E-state index contributed by atoms with van der Waals surface area (Å²) >= 11 is 0. The van der Waals surface area contributed by atoms with Crippen LogP contribution in [0.15, 0.2) is 0 Å². The second-order valence-electron chi connectivity index (χ2n) is 5.22. The third-order valence-electron chi connectivity index (χ3n) is 3.50. The van der Waals surface area contributed by atoms with E-state index in [0.717, 1.165) is 30.7 Å². The lowest BCUT2D eigenvalue weighted by Gasteiger charge is -2.09. The van der Waals surface area contributed by atoms with E-state index >= 15 is 0 Å². The van der Waals surface area contributed by atoms with Crippen molar-refractivity contribution in [2.45, 2.75) is 59.5 Å². The third kappa shape index (κ3) is 4.31. The van der Waals surface area contributed by atoms with E-state index in [4.69, 9.17) is 5.73 Å². The van der Waals surface area contributed by atoms with Crippen molar-refractivity contribution < 1.29 is 8.42 Å². The quantitative estimate of drug-likeness (QED) is 0.786. The average molecular weight is 301 g/mol. The summed E-state index contributed by atoms with van der Waals surface area (Å²) in [7, 11) is -2.96. The number of hydrogen-bond donors (Lipinski definition) is 1. The summed E-state index contributed by atoms with van der Waals surface area (Å²) in [5.74, 6) is 0.335. The smallest absolute Gasteiger partial charge is 0.151 e. The van der Waals surface area contributed by atoms with Crippen LogP contribution in [-0.2, 0) is 35.6 Å². The van der Waals surface area contributed by atoms with Gasteiger partial charge >= 0.3 is 0 Å². The highest BCUT2D eigenvalue weighted by molar-refractivity contribution is 7.91. The first-order chi connectivity index (χ1) is 9.34. The van der Waals surface area contributed by atoms with Crippen LogP contribution in [-0.4, -0.2) is 35.7 Å². The van der Waals surface area contributed by atoms with E-state index in [1.165, 1.54) is 5.56 Å². The SMILES string of the molecule is CCc1nn(CCS(=O)(=O)CC)c(CC)c1CC(C)N. The van der Waals surface area contributed by atoms with E-state index in [2.05, 4.69) is 18.9 Å². The van der Waals surface area contributed by atoms with Crippen molar-refractivity contribution in [1.29, 1.82) is 0 Å². The fourth-order valence-corrected chi connectivity index (χ4v) is 3.12. The maximum absolute atomic E-state index is 11.7. The van der Waals surface area contributed by atoms with Crippen LogP contribution in [0.3, 0.4) is 0 Å². The number of hydrogen-bond acceptors (Lipinski definition) is 4. The largest absolute Gasteiger partial charge is 0.328 e. The van der Waals surface area contributed by atoms with Crippen molar-refractivity contribution in [3.8, 4) is 0 Å². The van der Waals surface area contributed by atoms with Crippen molar-refractivity contribution in [1.82, 2.24) is 9.78 Å². The van der Waals surface area contributed by atoms with Gasteiger partial charge in [-0.05, 0) is 31.7 Å². The molecule has 1 aromatic rings. The second kappa shape index (κ2) is 7.22. The summed E-state index contributed by atoms with van der Waals surface area (Å²) in [5.41, 5.74) is 9.30. The molecule has 20 heavy (non-hydrogen) atoms. The van der Waals surface area contributed by atoms with Crippen LogP contribution in [0.4, 0.5) is 0 Å². The van der Waals surface area contributed by atoms with Gasteiger partial charge in [0.05, 0.1) is 18.0 Å². The van der Waals surface area contributed by atoms with Gasteiger partial charge in [0, 0.05) is 17.5 Å². The summed E-state index contributed by atoms with van der Waals surface area (Å²) in [6.07, 6.45) is 2.50. The Bertz CT molecular complexity index is 533. The van der Waals surface area contributed by atoms with Crippen LogP contribution in [0, 0.1) is 0 Å². The van der Waals surface area contributed by atoms with Gasteiger partial charge in [-0.1, -0.05) is 20.8 Å². The van der Waals surface area contributed by atoms with Crippen LogP contribution in [0.5, 0.6) is 0 Å². The average Bonchev–Trinajstić information content (AvgIpc) is 2.73. The lowest BCUT2D eigenvalue weighted by atomic mass is 10.0. The molecule has 0 aliphatic carbocycles. The zero-order valence-electron chi connectivity index (χ0n) is 13.0. The molecule has 1 heterocycles. The van der Waals surface area contributed by atoms with Crippen LogP contribution in [0.2, 0.25) is 0 Å². The number of aryl methyl sites for hydroxylation is 2. The fourth-order valence-electron chi connectivity index (χ4n) is 2.38. The third-order valence-corrected chi connectivity index (χ3v) is 5.18. The summed E-state index contributed by atoms with van der Waals surface area (Å²) in [4.78, 5) is 0. The Kier molecular flexibility index (Phi) is 6.20. The molecule has 0 saturated carbocycles. The normalized spacial score (nSPS) is 13.7. The van der Waals surface area contributed by atoms with E-state index in [1.54, 1.807) is 6.92 Å². The second-order valence-corrected chi connectivity index (χ2v) is 7.69. The monoisotopic (exact) mass is 301 g/mol. The van der Waals surface area contributed by atoms with Gasteiger partial charge in [0.25, 0.3) is 0 Å². The molecular weight excluding hydrogens is 274 g/mol. The Hall–Kier alpha value is -0.880. The Morgan fingerprint density at radius 1 is 1.25 bits per heavy atom. The van der Waals surface area contributed by atoms with Crippen LogP contribution in [0.25, 0.3) is 0 Å². The van der Waals surface area contributed by atoms with Crippen molar-refractivity contribution >= 4 is 9.84 Å². The van der Waals surface area contributed by atoms with Crippen molar-refractivity contribution in [3.05, 3.63) is 17.0 Å².